The van der Waals surface area contributed by atoms with Crippen LogP contribution in [0.1, 0.15) is 132 Å². The summed E-state index contributed by atoms with van der Waals surface area (Å²) in [6.07, 6.45) is 1.94. The van der Waals surface area contributed by atoms with E-state index in [2.05, 4.69) is 253 Å². The molecule has 398 valence electrons. The predicted octanol–water partition coefficient (Wildman–Crippen LogP) is 19.3. The Kier molecular flexibility index (Phi) is 13.5. The van der Waals surface area contributed by atoms with Crippen molar-refractivity contribution in [3.63, 3.8) is 0 Å². The SMILES string of the molecule is CC(C)(C)c1cc(-c2cc(-c3ccc4c(c3)c3ccccc3n4-c3cc(C(C)(C)C)cc4ccc(C(C)(C)C)cc34)ccn2)[c-]c(-c2cccc3c2nc(-c2ccccc2O)n3-c2cc(C(C)(C)C)cc(C(C)(C)C)c2)c1.[Pt]. The van der Waals surface area contributed by atoms with Gasteiger partial charge in [-0.2, -0.15) is 0 Å². The zero-order valence-corrected chi connectivity index (χ0v) is 50.4. The van der Waals surface area contributed by atoms with Crippen molar-refractivity contribution in [1.29, 1.82) is 0 Å². The molecule has 11 rings (SSSR count). The van der Waals surface area contributed by atoms with Crippen LogP contribution in [0.15, 0.2) is 164 Å². The molecule has 5 nitrogen and oxygen atoms in total. The molecule has 3 aromatic heterocycles. The Morgan fingerprint density at radius 3 is 1.68 bits per heavy atom. The summed E-state index contributed by atoms with van der Waals surface area (Å²) in [5, 5.41) is 16.4. The van der Waals surface area contributed by atoms with E-state index in [0.29, 0.717) is 11.4 Å². The zero-order valence-electron chi connectivity index (χ0n) is 48.1. The van der Waals surface area contributed by atoms with Gasteiger partial charge in [0.15, 0.2) is 0 Å². The van der Waals surface area contributed by atoms with E-state index in [4.69, 9.17) is 9.97 Å². The van der Waals surface area contributed by atoms with E-state index in [1.165, 1.54) is 66.1 Å². The standard InChI is InChI=1S/C72H73N4O.Pt/c1-68(2,3)49-29-27-46-34-51(70(7,8)9)43-64(58(46)42-49)76-61-24-18-16-21-56(61)59-37-44(28-30-62(59)76)45-31-32-73-60(38-45)48-33-47(35-50(36-48)69(4,5)6)55-23-20-25-63-66(55)74-67(57-22-17-19-26-65(57)77)75(63)54-40-52(71(10,11)12)39-53(41-54)72(13,14)15;/h16-32,34-43,77H,1-15H3;/q-1;. The number of phenolic OH excluding ortho intramolecular Hbond substituents is 1. The third-order valence-electron chi connectivity index (χ3n) is 15.7. The van der Waals surface area contributed by atoms with Crippen LogP contribution in [-0.4, -0.2) is 24.2 Å². The van der Waals surface area contributed by atoms with Crippen LogP contribution in [0.25, 0.3) is 99.9 Å². The van der Waals surface area contributed by atoms with Crippen molar-refractivity contribution >= 4 is 43.6 Å². The molecule has 0 bridgehead atoms. The van der Waals surface area contributed by atoms with Gasteiger partial charge in [0, 0.05) is 54.8 Å². The number of nitrogens with zero attached hydrogens (tertiary/aromatic N) is 4. The molecule has 0 radical (unpaired) electrons. The van der Waals surface area contributed by atoms with Gasteiger partial charge in [-0.25, -0.2) is 4.98 Å². The van der Waals surface area contributed by atoms with E-state index in [1.807, 2.05) is 24.4 Å². The molecule has 0 unspecified atom stereocenters. The zero-order chi connectivity index (χ0) is 54.7. The van der Waals surface area contributed by atoms with Gasteiger partial charge in [0.05, 0.1) is 33.3 Å². The van der Waals surface area contributed by atoms with Gasteiger partial charge in [-0.05, 0) is 133 Å². The Bertz CT molecular complexity index is 4100. The summed E-state index contributed by atoms with van der Waals surface area (Å²) in [5.74, 6) is 0.863. The van der Waals surface area contributed by atoms with Crippen LogP contribution in [0.4, 0.5) is 0 Å². The van der Waals surface area contributed by atoms with Gasteiger partial charge in [0.25, 0.3) is 0 Å². The van der Waals surface area contributed by atoms with E-state index >= 15 is 0 Å². The number of imidazole rings is 1. The van der Waals surface area contributed by atoms with E-state index in [9.17, 15) is 5.11 Å². The fourth-order valence-corrected chi connectivity index (χ4v) is 10.9. The average molecular weight is 1210 g/mol. The average Bonchev–Trinajstić information content (AvgIpc) is 4.17. The predicted molar refractivity (Wildman–Crippen MR) is 326 cm³/mol. The molecule has 0 atom stereocenters. The van der Waals surface area contributed by atoms with E-state index < -0.39 is 0 Å². The number of phenols is 1. The van der Waals surface area contributed by atoms with E-state index in [0.717, 1.165) is 50.2 Å². The van der Waals surface area contributed by atoms with Crippen LogP contribution >= 0.6 is 0 Å². The minimum atomic E-state index is -0.188. The molecule has 0 aliphatic rings. The maximum atomic E-state index is 11.5. The number of rotatable bonds is 6. The van der Waals surface area contributed by atoms with Crippen molar-refractivity contribution in [2.45, 2.75) is 131 Å². The first-order chi connectivity index (χ1) is 36.2. The molecule has 0 spiro atoms. The number of para-hydroxylation sites is 3. The van der Waals surface area contributed by atoms with Crippen molar-refractivity contribution in [2.24, 2.45) is 0 Å². The molecule has 78 heavy (non-hydrogen) atoms. The van der Waals surface area contributed by atoms with Gasteiger partial charge in [0.2, 0.25) is 0 Å². The van der Waals surface area contributed by atoms with Crippen LogP contribution in [0.2, 0.25) is 0 Å². The number of hydrogen-bond acceptors (Lipinski definition) is 3. The molecule has 3 heterocycles. The fourth-order valence-electron chi connectivity index (χ4n) is 10.9. The van der Waals surface area contributed by atoms with Crippen molar-refractivity contribution < 1.29 is 26.2 Å². The summed E-state index contributed by atoms with van der Waals surface area (Å²) in [6, 6.07) is 61.3. The Morgan fingerprint density at radius 1 is 0.423 bits per heavy atom. The molecular formula is C72H73N4OPt-. The Hall–Kier alpha value is -7.07. The largest absolute Gasteiger partial charge is 0.507 e. The molecule has 0 aliphatic carbocycles. The van der Waals surface area contributed by atoms with Crippen molar-refractivity contribution in [3.8, 4) is 62.0 Å². The number of aromatic nitrogens is 4. The number of hydrogen-bond donors (Lipinski definition) is 1. The van der Waals surface area contributed by atoms with Gasteiger partial charge in [-0.1, -0.05) is 194 Å². The summed E-state index contributed by atoms with van der Waals surface area (Å²) in [4.78, 5) is 10.6. The van der Waals surface area contributed by atoms with Crippen LogP contribution in [0, 0.1) is 6.07 Å². The molecule has 11 aromatic rings. The fraction of sp³-hybridized carbons (Fsp3) is 0.278. The third-order valence-corrected chi connectivity index (χ3v) is 15.7. The molecule has 6 heteroatoms. The second-order valence-electron chi connectivity index (χ2n) is 26.6. The van der Waals surface area contributed by atoms with Gasteiger partial charge in [-0.3, -0.25) is 9.55 Å². The Balaban J connectivity index is 0.00000688. The van der Waals surface area contributed by atoms with Crippen LogP contribution < -0.4 is 0 Å². The number of aromatic hydroxyl groups is 1. The molecular weight excluding hydrogens is 1130 g/mol. The molecule has 0 fully saturated rings. The molecule has 8 aromatic carbocycles. The molecule has 0 saturated heterocycles. The topological polar surface area (TPSA) is 55.9 Å². The first kappa shape index (κ1) is 54.3. The first-order valence-electron chi connectivity index (χ1n) is 27.4. The second kappa shape index (κ2) is 19.4. The second-order valence-corrected chi connectivity index (χ2v) is 26.6. The monoisotopic (exact) mass is 1200 g/mol. The van der Waals surface area contributed by atoms with Gasteiger partial charge < -0.3 is 9.67 Å². The smallest absolute Gasteiger partial charge is 0.148 e. The number of pyridine rings is 1. The third kappa shape index (κ3) is 9.93. The van der Waals surface area contributed by atoms with Crippen LogP contribution in [0.3, 0.4) is 0 Å². The first-order valence-corrected chi connectivity index (χ1v) is 27.4. The normalized spacial score (nSPS) is 12.8. The number of benzene rings is 8. The quantitative estimate of drug-likeness (QED) is 0.169. The number of fused-ring (bicyclic) bond motifs is 5. The summed E-state index contributed by atoms with van der Waals surface area (Å²) in [6.45, 7) is 34.2. The summed E-state index contributed by atoms with van der Waals surface area (Å²) >= 11 is 0. The summed E-state index contributed by atoms with van der Waals surface area (Å²) in [5.41, 5.74) is 18.7. The van der Waals surface area contributed by atoms with E-state index in [-0.39, 0.29) is 53.9 Å². The van der Waals surface area contributed by atoms with E-state index in [1.54, 1.807) is 6.07 Å². The Labute approximate surface area is 476 Å². The molecule has 0 amide bonds. The van der Waals surface area contributed by atoms with Crippen molar-refractivity contribution in [3.05, 3.63) is 198 Å². The molecule has 0 aliphatic heterocycles. The van der Waals surface area contributed by atoms with Crippen LogP contribution in [0.5, 0.6) is 5.75 Å². The van der Waals surface area contributed by atoms with Gasteiger partial charge >= 0.3 is 0 Å². The van der Waals surface area contributed by atoms with Gasteiger partial charge in [-0.15, -0.1) is 29.3 Å². The maximum absolute atomic E-state index is 11.5. The maximum Gasteiger partial charge on any atom is 0.148 e. The van der Waals surface area contributed by atoms with Crippen molar-refractivity contribution in [1.82, 2.24) is 19.1 Å². The summed E-state index contributed by atoms with van der Waals surface area (Å²) < 4.78 is 4.73. The minimum Gasteiger partial charge on any atom is -0.507 e. The minimum absolute atomic E-state index is 0. The van der Waals surface area contributed by atoms with Gasteiger partial charge in [0.1, 0.15) is 11.6 Å². The van der Waals surface area contributed by atoms with Crippen LogP contribution in [-0.2, 0) is 48.1 Å². The Morgan fingerprint density at radius 2 is 1.00 bits per heavy atom. The molecule has 0 saturated carbocycles. The summed E-state index contributed by atoms with van der Waals surface area (Å²) in [7, 11) is 0. The van der Waals surface area contributed by atoms with Crippen molar-refractivity contribution in [2.75, 3.05) is 0 Å². The molecule has 1 N–H and O–H groups in total.